The first kappa shape index (κ1) is 21.9. The first-order valence-corrected chi connectivity index (χ1v) is 11.2. The lowest BCUT2D eigenvalue weighted by Crippen LogP contribution is -2.26. The maximum Gasteiger partial charge on any atom is 0.261 e. The van der Waals surface area contributed by atoms with Crippen molar-refractivity contribution in [1.82, 2.24) is 4.90 Å². The van der Waals surface area contributed by atoms with Gasteiger partial charge in [0, 0.05) is 24.2 Å². The fraction of sp³-hybridized carbons (Fsp3) is 0.174. The van der Waals surface area contributed by atoms with E-state index in [-0.39, 0.29) is 10.8 Å². The summed E-state index contributed by atoms with van der Waals surface area (Å²) in [4.78, 5) is 14.6. The first-order chi connectivity index (χ1) is 14.2. The number of aryl methyl sites for hydroxylation is 2. The number of benzene rings is 3. The Kier molecular flexibility index (Phi) is 6.48. The molecule has 3 aromatic rings. The van der Waals surface area contributed by atoms with Crippen LogP contribution < -0.4 is 4.72 Å². The van der Waals surface area contributed by atoms with Crippen LogP contribution in [0.5, 0.6) is 0 Å². The molecule has 0 unspecified atom stereocenters. The van der Waals surface area contributed by atoms with E-state index in [1.54, 1.807) is 67.4 Å². The number of carbonyl (C=O) groups excluding carboxylic acids is 1. The van der Waals surface area contributed by atoms with Crippen LogP contribution in [-0.2, 0) is 16.6 Å². The summed E-state index contributed by atoms with van der Waals surface area (Å²) in [5.74, 6) is -0.161. The van der Waals surface area contributed by atoms with Crippen LogP contribution in [0.1, 0.15) is 27.0 Å². The van der Waals surface area contributed by atoms with Crippen LogP contribution >= 0.6 is 11.6 Å². The van der Waals surface area contributed by atoms with Gasteiger partial charge in [-0.25, -0.2) is 8.42 Å². The molecule has 0 heterocycles. The molecule has 0 aromatic heterocycles. The molecule has 1 N–H and O–H groups in total. The number of rotatable bonds is 6. The monoisotopic (exact) mass is 442 g/mol. The molecule has 0 saturated heterocycles. The standard InChI is InChI=1S/C23H23ClN2O3S/c1-16-7-10-21(11-8-16)30(28,29)25-22-12-9-19(13-17(22)2)23(27)26(3)15-18-5-4-6-20(24)14-18/h4-14,25H,15H2,1-3H3. The van der Waals surface area contributed by atoms with Crippen molar-refractivity contribution in [1.29, 1.82) is 0 Å². The van der Waals surface area contributed by atoms with Crippen LogP contribution in [0.2, 0.25) is 5.02 Å². The fourth-order valence-corrected chi connectivity index (χ4v) is 4.38. The number of nitrogens with one attached hydrogen (secondary N) is 1. The largest absolute Gasteiger partial charge is 0.337 e. The third kappa shape index (κ3) is 5.20. The number of halogens is 1. The van der Waals surface area contributed by atoms with Crippen LogP contribution in [0.4, 0.5) is 5.69 Å². The van der Waals surface area contributed by atoms with Crippen molar-refractivity contribution in [2.24, 2.45) is 0 Å². The van der Waals surface area contributed by atoms with Crippen molar-refractivity contribution in [3.63, 3.8) is 0 Å². The van der Waals surface area contributed by atoms with Gasteiger partial charge in [0.2, 0.25) is 0 Å². The highest BCUT2D eigenvalue weighted by atomic mass is 35.5. The van der Waals surface area contributed by atoms with E-state index >= 15 is 0 Å². The quantitative estimate of drug-likeness (QED) is 0.582. The van der Waals surface area contributed by atoms with Crippen molar-refractivity contribution < 1.29 is 13.2 Å². The molecule has 0 atom stereocenters. The third-order valence-corrected chi connectivity index (χ3v) is 6.32. The number of hydrogen-bond acceptors (Lipinski definition) is 3. The van der Waals surface area contributed by atoms with Gasteiger partial charge in [-0.3, -0.25) is 9.52 Å². The van der Waals surface area contributed by atoms with Gasteiger partial charge in [0.15, 0.2) is 0 Å². The van der Waals surface area contributed by atoms with E-state index in [1.165, 1.54) is 0 Å². The van der Waals surface area contributed by atoms with Gasteiger partial charge in [0.1, 0.15) is 0 Å². The predicted octanol–water partition coefficient (Wildman–Crippen LogP) is 5.03. The molecule has 0 spiro atoms. The minimum atomic E-state index is -3.70. The molecule has 0 saturated carbocycles. The topological polar surface area (TPSA) is 66.5 Å². The van der Waals surface area contributed by atoms with Crippen LogP contribution in [-0.4, -0.2) is 26.3 Å². The van der Waals surface area contributed by atoms with Crippen molar-refractivity contribution in [3.05, 3.63) is 94.0 Å². The SMILES string of the molecule is Cc1ccc(S(=O)(=O)Nc2ccc(C(=O)N(C)Cc3cccc(Cl)c3)cc2C)cc1. The van der Waals surface area contributed by atoms with E-state index in [0.717, 1.165) is 11.1 Å². The summed E-state index contributed by atoms with van der Waals surface area (Å²) in [5.41, 5.74) is 3.49. The van der Waals surface area contributed by atoms with Crippen molar-refractivity contribution in [2.45, 2.75) is 25.3 Å². The lowest BCUT2D eigenvalue weighted by Gasteiger charge is -2.18. The van der Waals surface area contributed by atoms with Gasteiger partial charge in [-0.1, -0.05) is 41.4 Å². The molecule has 0 aliphatic rings. The molecule has 0 bridgehead atoms. The van der Waals surface area contributed by atoms with E-state index in [9.17, 15) is 13.2 Å². The molecule has 0 aliphatic carbocycles. The van der Waals surface area contributed by atoms with Crippen LogP contribution in [0.3, 0.4) is 0 Å². The average molecular weight is 443 g/mol. The zero-order valence-corrected chi connectivity index (χ0v) is 18.6. The number of anilines is 1. The van der Waals surface area contributed by atoms with E-state index < -0.39 is 10.0 Å². The predicted molar refractivity (Wildman–Crippen MR) is 120 cm³/mol. The van der Waals surface area contributed by atoms with Crippen LogP contribution in [0, 0.1) is 13.8 Å². The van der Waals surface area contributed by atoms with Gasteiger partial charge in [-0.2, -0.15) is 0 Å². The molecule has 7 heteroatoms. The molecular weight excluding hydrogens is 420 g/mol. The number of carbonyl (C=O) groups is 1. The Bertz CT molecular complexity index is 1180. The molecule has 3 rings (SSSR count). The van der Waals surface area contributed by atoms with Gasteiger partial charge in [-0.15, -0.1) is 0 Å². The van der Waals surface area contributed by atoms with Gasteiger partial charge >= 0.3 is 0 Å². The zero-order valence-electron chi connectivity index (χ0n) is 17.0. The second-order valence-corrected chi connectivity index (χ2v) is 9.36. The van der Waals surface area contributed by atoms with Crippen molar-refractivity contribution in [2.75, 3.05) is 11.8 Å². The summed E-state index contributed by atoms with van der Waals surface area (Å²) >= 11 is 6.01. The Morgan fingerprint density at radius 1 is 1.00 bits per heavy atom. The Labute approximate surface area is 182 Å². The zero-order chi connectivity index (χ0) is 21.9. The maximum absolute atomic E-state index is 12.8. The van der Waals surface area contributed by atoms with Gasteiger partial charge in [0.25, 0.3) is 15.9 Å². The molecule has 0 aliphatic heterocycles. The summed E-state index contributed by atoms with van der Waals surface area (Å²) in [5, 5.41) is 0.620. The van der Waals surface area contributed by atoms with Gasteiger partial charge in [0.05, 0.1) is 10.6 Å². The smallest absolute Gasteiger partial charge is 0.261 e. The Balaban J connectivity index is 1.75. The second kappa shape index (κ2) is 8.90. The normalized spacial score (nSPS) is 11.2. The van der Waals surface area contributed by atoms with Crippen LogP contribution in [0.25, 0.3) is 0 Å². The number of amides is 1. The summed E-state index contributed by atoms with van der Waals surface area (Å²) in [6.45, 7) is 4.08. The molecule has 5 nitrogen and oxygen atoms in total. The fourth-order valence-electron chi connectivity index (χ4n) is 3.03. The summed E-state index contributed by atoms with van der Waals surface area (Å²) in [6, 6.07) is 18.9. The van der Waals surface area contributed by atoms with Gasteiger partial charge < -0.3 is 4.90 Å². The van der Waals surface area contributed by atoms with E-state index in [0.29, 0.717) is 28.4 Å². The van der Waals surface area contributed by atoms with E-state index in [2.05, 4.69) is 4.72 Å². The molecule has 1 amide bonds. The maximum atomic E-state index is 12.8. The summed E-state index contributed by atoms with van der Waals surface area (Å²) < 4.78 is 27.8. The summed E-state index contributed by atoms with van der Waals surface area (Å²) in [7, 11) is -1.99. The highest BCUT2D eigenvalue weighted by Crippen LogP contribution is 2.22. The first-order valence-electron chi connectivity index (χ1n) is 9.36. The minimum absolute atomic E-state index is 0.161. The van der Waals surface area contributed by atoms with Crippen molar-refractivity contribution in [3.8, 4) is 0 Å². The number of hydrogen-bond donors (Lipinski definition) is 1. The van der Waals surface area contributed by atoms with Crippen molar-refractivity contribution >= 4 is 33.2 Å². The lowest BCUT2D eigenvalue weighted by atomic mass is 10.1. The average Bonchev–Trinajstić information content (AvgIpc) is 2.69. The van der Waals surface area contributed by atoms with E-state index in [1.807, 2.05) is 25.1 Å². The minimum Gasteiger partial charge on any atom is -0.337 e. The van der Waals surface area contributed by atoms with Gasteiger partial charge in [-0.05, 0) is 67.4 Å². The number of nitrogens with zero attached hydrogens (tertiary/aromatic N) is 1. The number of sulfonamides is 1. The Hall–Kier alpha value is -2.83. The Morgan fingerprint density at radius 2 is 1.70 bits per heavy atom. The highest BCUT2D eigenvalue weighted by molar-refractivity contribution is 7.92. The highest BCUT2D eigenvalue weighted by Gasteiger charge is 2.17. The molecule has 30 heavy (non-hydrogen) atoms. The molecule has 0 radical (unpaired) electrons. The molecular formula is C23H23ClN2O3S. The third-order valence-electron chi connectivity index (χ3n) is 4.70. The van der Waals surface area contributed by atoms with E-state index in [4.69, 9.17) is 11.6 Å². The van der Waals surface area contributed by atoms with Crippen LogP contribution in [0.15, 0.2) is 71.6 Å². The lowest BCUT2D eigenvalue weighted by molar-refractivity contribution is 0.0785. The molecule has 0 fully saturated rings. The second-order valence-electron chi connectivity index (χ2n) is 7.24. The molecule has 156 valence electrons. The Morgan fingerprint density at radius 3 is 2.33 bits per heavy atom. The molecule has 3 aromatic carbocycles. The summed E-state index contributed by atoms with van der Waals surface area (Å²) in [6.07, 6.45) is 0.